The van der Waals surface area contributed by atoms with Gasteiger partial charge in [-0.3, -0.25) is 0 Å². The van der Waals surface area contributed by atoms with Crippen LogP contribution in [0.5, 0.6) is 0 Å². The lowest BCUT2D eigenvalue weighted by molar-refractivity contribution is 0.0702. The molecule has 3 rings (SSSR count). The molecule has 2 heterocycles. The highest BCUT2D eigenvalue weighted by Crippen LogP contribution is 2.42. The van der Waals surface area contributed by atoms with Crippen molar-refractivity contribution >= 4 is 17.3 Å². The van der Waals surface area contributed by atoms with Gasteiger partial charge < -0.3 is 14.6 Å². The summed E-state index contributed by atoms with van der Waals surface area (Å²) in [6.07, 6.45) is 0.949. The Hall–Kier alpha value is -1.66. The molecule has 2 aromatic rings. The Morgan fingerprint density at radius 2 is 2.44 bits per heavy atom. The number of nitrogens with zero attached hydrogens (tertiary/aromatic N) is 1. The summed E-state index contributed by atoms with van der Waals surface area (Å²) >= 11 is 1.11. The van der Waals surface area contributed by atoms with Gasteiger partial charge in [-0.05, 0) is 6.07 Å². The molecule has 1 atom stereocenters. The number of carboxylic acid groups (broad SMARTS) is 1. The highest BCUT2D eigenvalue weighted by atomic mass is 32.1. The lowest BCUT2D eigenvalue weighted by atomic mass is 9.97. The van der Waals surface area contributed by atoms with Crippen LogP contribution in [0.1, 0.15) is 27.1 Å². The lowest BCUT2D eigenvalue weighted by Crippen LogP contribution is -2.07. The topological polar surface area (TPSA) is 83.6 Å². The molecule has 2 aromatic heterocycles. The van der Waals surface area contributed by atoms with Crippen molar-refractivity contribution in [3.05, 3.63) is 28.7 Å². The minimum atomic E-state index is -0.989. The van der Waals surface area contributed by atoms with Gasteiger partial charge in [0, 0.05) is 12.0 Å². The monoisotopic (exact) mass is 237 g/mol. The number of aromatic carboxylic acids is 1. The Labute approximate surface area is 94.0 Å². The number of carboxylic acids is 1. The van der Waals surface area contributed by atoms with Gasteiger partial charge in [0.1, 0.15) is 16.3 Å². The molecule has 0 fully saturated rings. The van der Waals surface area contributed by atoms with Crippen molar-refractivity contribution in [2.75, 3.05) is 0 Å². The minimum absolute atomic E-state index is 0.208. The van der Waals surface area contributed by atoms with E-state index in [1.165, 1.54) is 12.5 Å². The second kappa shape index (κ2) is 3.16. The van der Waals surface area contributed by atoms with Gasteiger partial charge in [-0.1, -0.05) is 0 Å². The van der Waals surface area contributed by atoms with E-state index >= 15 is 0 Å². The summed E-state index contributed by atoms with van der Waals surface area (Å²) in [5.41, 5.74) is 1.28. The van der Waals surface area contributed by atoms with Gasteiger partial charge in [0.05, 0.1) is 11.0 Å². The van der Waals surface area contributed by atoms with Gasteiger partial charge in [-0.25, -0.2) is 9.78 Å². The molecule has 0 radical (unpaired) electrons. The van der Waals surface area contributed by atoms with Gasteiger partial charge in [-0.15, -0.1) is 11.3 Å². The summed E-state index contributed by atoms with van der Waals surface area (Å²) in [5, 5.41) is 18.8. The summed E-state index contributed by atoms with van der Waals surface area (Å²) in [6, 6.07) is 1.50. The average Bonchev–Trinajstić information content (AvgIpc) is 2.80. The predicted octanol–water partition coefficient (Wildman–Crippen LogP) is 1.69. The molecule has 0 bridgehead atoms. The molecule has 16 heavy (non-hydrogen) atoms. The van der Waals surface area contributed by atoms with Crippen molar-refractivity contribution in [2.24, 2.45) is 0 Å². The van der Waals surface area contributed by atoms with Crippen molar-refractivity contribution in [3.8, 4) is 10.6 Å². The summed E-state index contributed by atoms with van der Waals surface area (Å²) in [6.45, 7) is 0. The molecule has 82 valence electrons. The molecule has 0 saturated carbocycles. The number of rotatable bonds is 1. The third-order valence-corrected chi connectivity index (χ3v) is 3.71. The highest BCUT2D eigenvalue weighted by Gasteiger charge is 2.30. The molecular formula is C10H7NO4S. The molecular weight excluding hydrogens is 230 g/mol. The van der Waals surface area contributed by atoms with Crippen LogP contribution in [0, 0.1) is 0 Å². The molecule has 5 nitrogen and oxygen atoms in total. The lowest BCUT2D eigenvalue weighted by Gasteiger charge is -2.15. The molecule has 0 amide bonds. The van der Waals surface area contributed by atoms with E-state index in [-0.39, 0.29) is 4.88 Å². The van der Waals surface area contributed by atoms with Crippen LogP contribution in [0.25, 0.3) is 10.6 Å². The van der Waals surface area contributed by atoms with E-state index in [1.54, 1.807) is 0 Å². The number of carbonyl (C=O) groups is 1. The molecule has 0 aromatic carbocycles. The van der Waals surface area contributed by atoms with Crippen LogP contribution < -0.4 is 0 Å². The zero-order valence-electron chi connectivity index (χ0n) is 8.01. The van der Waals surface area contributed by atoms with E-state index in [2.05, 4.69) is 4.98 Å². The van der Waals surface area contributed by atoms with Crippen molar-refractivity contribution in [3.63, 3.8) is 0 Å². The highest BCUT2D eigenvalue weighted by molar-refractivity contribution is 7.17. The van der Waals surface area contributed by atoms with Crippen LogP contribution >= 0.6 is 11.3 Å². The first-order chi connectivity index (χ1) is 7.66. The number of aliphatic hydroxyl groups is 1. The Kier molecular flexibility index (Phi) is 1.89. The predicted molar refractivity (Wildman–Crippen MR) is 55.4 cm³/mol. The maximum Gasteiger partial charge on any atom is 0.345 e. The number of hydrogen-bond donors (Lipinski definition) is 2. The Bertz CT molecular complexity index is 571. The smallest absolute Gasteiger partial charge is 0.345 e. The first-order valence-electron chi connectivity index (χ1n) is 4.64. The second-order valence-corrected chi connectivity index (χ2v) is 4.60. The fourth-order valence-electron chi connectivity index (χ4n) is 1.83. The molecule has 1 aliphatic rings. The summed E-state index contributed by atoms with van der Waals surface area (Å²) in [7, 11) is 0. The van der Waals surface area contributed by atoms with Crippen LogP contribution in [0.3, 0.4) is 0 Å². The number of thiophene rings is 1. The molecule has 1 unspecified atom stereocenters. The molecule has 0 spiro atoms. The molecule has 1 aliphatic carbocycles. The third kappa shape index (κ3) is 1.20. The number of fused-ring (bicyclic) bond motifs is 3. The quantitative estimate of drug-likeness (QED) is 0.788. The van der Waals surface area contributed by atoms with Crippen molar-refractivity contribution in [2.45, 2.75) is 12.5 Å². The number of aliphatic hydroxyl groups excluding tert-OH is 1. The fraction of sp³-hybridized carbons (Fsp3) is 0.200. The van der Waals surface area contributed by atoms with Crippen molar-refractivity contribution < 1.29 is 19.4 Å². The van der Waals surface area contributed by atoms with Crippen LogP contribution in [0.2, 0.25) is 0 Å². The van der Waals surface area contributed by atoms with E-state index in [0.717, 1.165) is 11.3 Å². The number of aromatic nitrogens is 1. The SMILES string of the molecule is O=C(O)c1cc2c(s1)-c1ncoc1CC2O. The summed E-state index contributed by atoms with van der Waals surface area (Å²) in [5.74, 6) is -0.379. The summed E-state index contributed by atoms with van der Waals surface area (Å²) < 4.78 is 5.14. The minimum Gasteiger partial charge on any atom is -0.477 e. The molecule has 0 aliphatic heterocycles. The summed E-state index contributed by atoms with van der Waals surface area (Å²) in [4.78, 5) is 15.8. The maximum atomic E-state index is 10.9. The van der Waals surface area contributed by atoms with Crippen LogP contribution in [-0.2, 0) is 6.42 Å². The van der Waals surface area contributed by atoms with Gasteiger partial charge in [-0.2, -0.15) is 0 Å². The fourth-order valence-corrected chi connectivity index (χ4v) is 2.90. The second-order valence-electron chi connectivity index (χ2n) is 3.54. The van der Waals surface area contributed by atoms with Gasteiger partial charge >= 0.3 is 5.97 Å². The van der Waals surface area contributed by atoms with E-state index < -0.39 is 12.1 Å². The largest absolute Gasteiger partial charge is 0.477 e. The van der Waals surface area contributed by atoms with Gasteiger partial charge in [0.25, 0.3) is 0 Å². The first-order valence-corrected chi connectivity index (χ1v) is 5.46. The van der Waals surface area contributed by atoms with E-state index in [9.17, 15) is 9.90 Å². The molecule has 6 heteroatoms. The zero-order chi connectivity index (χ0) is 11.3. The van der Waals surface area contributed by atoms with Crippen LogP contribution in [-0.4, -0.2) is 21.2 Å². The van der Waals surface area contributed by atoms with E-state index in [1.807, 2.05) is 0 Å². The van der Waals surface area contributed by atoms with E-state index in [0.29, 0.717) is 28.3 Å². The van der Waals surface area contributed by atoms with Crippen molar-refractivity contribution in [1.29, 1.82) is 0 Å². The van der Waals surface area contributed by atoms with E-state index in [4.69, 9.17) is 9.52 Å². The van der Waals surface area contributed by atoms with Gasteiger partial charge in [0.15, 0.2) is 6.39 Å². The number of hydrogen-bond acceptors (Lipinski definition) is 5. The average molecular weight is 237 g/mol. The first kappa shape index (κ1) is 9.56. The van der Waals surface area contributed by atoms with Crippen LogP contribution in [0.4, 0.5) is 0 Å². The Morgan fingerprint density at radius 1 is 1.62 bits per heavy atom. The Morgan fingerprint density at radius 3 is 3.19 bits per heavy atom. The van der Waals surface area contributed by atoms with Crippen molar-refractivity contribution in [1.82, 2.24) is 4.98 Å². The Balaban J connectivity index is 2.23. The van der Waals surface area contributed by atoms with Crippen LogP contribution in [0.15, 0.2) is 16.9 Å². The standard InChI is InChI=1S/C10H7NO4S/c12-5-2-6-8(11-3-15-6)9-4(5)1-7(16-9)10(13)14/h1,3,5,12H,2H2,(H,13,14). The zero-order valence-corrected chi connectivity index (χ0v) is 8.82. The maximum absolute atomic E-state index is 10.9. The third-order valence-electron chi connectivity index (χ3n) is 2.57. The normalized spacial score (nSPS) is 17.9. The molecule has 0 saturated heterocycles. The molecule has 2 N–H and O–H groups in total. The number of oxazole rings is 1. The van der Waals surface area contributed by atoms with Gasteiger partial charge in [0.2, 0.25) is 0 Å².